The van der Waals surface area contributed by atoms with E-state index >= 15 is 0 Å². The van der Waals surface area contributed by atoms with Crippen molar-refractivity contribution in [2.45, 2.75) is 19.8 Å². The van der Waals surface area contributed by atoms with Crippen molar-refractivity contribution in [1.29, 1.82) is 0 Å². The third-order valence-electron chi connectivity index (χ3n) is 2.90. The summed E-state index contributed by atoms with van der Waals surface area (Å²) in [7, 11) is 1.78. The molecule has 0 radical (unpaired) electrons. The second-order valence-electron chi connectivity index (χ2n) is 4.03. The first-order valence-corrected chi connectivity index (χ1v) is 5.80. The summed E-state index contributed by atoms with van der Waals surface area (Å²) in [6.07, 6.45) is 2.65. The molecule has 0 N–H and O–H groups in total. The fraction of sp³-hybridized carbons (Fsp3) is 1.00. The maximum absolute atomic E-state index is 5.08. The number of hydrogen-bond donors (Lipinski definition) is 0. The van der Waals surface area contributed by atoms with Crippen LogP contribution in [0.2, 0.25) is 0 Å². The number of nitrogens with zero attached hydrogens (tertiary/aromatic N) is 2. The van der Waals surface area contributed by atoms with Gasteiger partial charge in [0.2, 0.25) is 0 Å². The minimum absolute atomic E-state index is 0.870. The molecule has 0 unspecified atom stereocenters. The molecular weight excluding hydrogens is 176 g/mol. The van der Waals surface area contributed by atoms with E-state index in [9.17, 15) is 0 Å². The van der Waals surface area contributed by atoms with Gasteiger partial charge in [-0.25, -0.2) is 0 Å². The van der Waals surface area contributed by atoms with Gasteiger partial charge in [-0.05, 0) is 13.0 Å². The van der Waals surface area contributed by atoms with Gasteiger partial charge < -0.3 is 9.64 Å². The van der Waals surface area contributed by atoms with Crippen molar-refractivity contribution in [3.05, 3.63) is 0 Å². The van der Waals surface area contributed by atoms with Crippen molar-refractivity contribution in [3.63, 3.8) is 0 Å². The molecule has 3 nitrogen and oxygen atoms in total. The molecule has 1 fully saturated rings. The van der Waals surface area contributed by atoms with Gasteiger partial charge in [0, 0.05) is 39.8 Å². The lowest BCUT2D eigenvalue weighted by atomic mass is 10.2. The highest BCUT2D eigenvalue weighted by molar-refractivity contribution is 4.71. The van der Waals surface area contributed by atoms with Crippen molar-refractivity contribution in [1.82, 2.24) is 9.80 Å². The molecule has 0 amide bonds. The molecule has 84 valence electrons. The standard InChI is InChI=1S/C11H24N2O/c1-3-4-5-12-6-8-13(9-7-12)10-11-14-2/h3-11H2,1-2H3. The Hall–Kier alpha value is -0.120. The summed E-state index contributed by atoms with van der Waals surface area (Å²) in [5, 5.41) is 0. The second kappa shape index (κ2) is 7.21. The van der Waals surface area contributed by atoms with Gasteiger partial charge in [0.25, 0.3) is 0 Å². The maximum atomic E-state index is 5.08. The first kappa shape index (κ1) is 12.0. The lowest BCUT2D eigenvalue weighted by Crippen LogP contribution is -2.47. The zero-order valence-electron chi connectivity index (χ0n) is 9.67. The van der Waals surface area contributed by atoms with Gasteiger partial charge in [0.05, 0.1) is 6.61 Å². The maximum Gasteiger partial charge on any atom is 0.0589 e. The van der Waals surface area contributed by atoms with Gasteiger partial charge in [-0.15, -0.1) is 0 Å². The number of rotatable bonds is 6. The zero-order chi connectivity index (χ0) is 10.2. The molecule has 0 atom stereocenters. The van der Waals surface area contributed by atoms with E-state index < -0.39 is 0 Å². The van der Waals surface area contributed by atoms with Crippen molar-refractivity contribution in [2.24, 2.45) is 0 Å². The van der Waals surface area contributed by atoms with E-state index in [1.807, 2.05) is 0 Å². The molecule has 0 aromatic rings. The van der Waals surface area contributed by atoms with Crippen LogP contribution in [0.25, 0.3) is 0 Å². The van der Waals surface area contributed by atoms with Crippen molar-refractivity contribution >= 4 is 0 Å². The van der Waals surface area contributed by atoms with Crippen LogP contribution in [0, 0.1) is 0 Å². The van der Waals surface area contributed by atoms with Crippen LogP contribution in [0.5, 0.6) is 0 Å². The predicted molar refractivity (Wildman–Crippen MR) is 59.7 cm³/mol. The molecule has 0 aliphatic carbocycles. The Morgan fingerprint density at radius 3 is 2.07 bits per heavy atom. The Kier molecular flexibility index (Phi) is 6.15. The minimum Gasteiger partial charge on any atom is -0.383 e. The molecule has 0 aromatic carbocycles. The van der Waals surface area contributed by atoms with E-state index in [-0.39, 0.29) is 0 Å². The topological polar surface area (TPSA) is 15.7 Å². The molecule has 0 saturated carbocycles. The number of methoxy groups -OCH3 is 1. The first-order valence-electron chi connectivity index (χ1n) is 5.80. The fourth-order valence-corrected chi connectivity index (χ4v) is 1.84. The lowest BCUT2D eigenvalue weighted by Gasteiger charge is -2.34. The van der Waals surface area contributed by atoms with Crippen LogP contribution < -0.4 is 0 Å². The molecule has 0 aromatic heterocycles. The quantitative estimate of drug-likeness (QED) is 0.637. The molecule has 14 heavy (non-hydrogen) atoms. The molecular formula is C11H24N2O. The van der Waals surface area contributed by atoms with Gasteiger partial charge in [0.1, 0.15) is 0 Å². The van der Waals surface area contributed by atoms with Gasteiger partial charge in [-0.2, -0.15) is 0 Å². The van der Waals surface area contributed by atoms with Gasteiger partial charge in [-0.3, -0.25) is 4.90 Å². The van der Waals surface area contributed by atoms with Crippen LogP contribution in [-0.4, -0.2) is 62.8 Å². The largest absolute Gasteiger partial charge is 0.383 e. The Morgan fingerprint density at radius 2 is 1.57 bits per heavy atom. The molecule has 0 bridgehead atoms. The number of unbranched alkanes of at least 4 members (excludes halogenated alkanes) is 1. The van der Waals surface area contributed by atoms with Crippen LogP contribution in [0.15, 0.2) is 0 Å². The minimum atomic E-state index is 0.870. The smallest absolute Gasteiger partial charge is 0.0589 e. The predicted octanol–water partition coefficient (Wildman–Crippen LogP) is 1.05. The summed E-state index contributed by atoms with van der Waals surface area (Å²) in [4.78, 5) is 5.07. The highest BCUT2D eigenvalue weighted by Gasteiger charge is 2.15. The summed E-state index contributed by atoms with van der Waals surface area (Å²) < 4.78 is 5.08. The van der Waals surface area contributed by atoms with Crippen LogP contribution in [0.3, 0.4) is 0 Å². The number of ether oxygens (including phenoxy) is 1. The molecule has 1 rings (SSSR count). The summed E-state index contributed by atoms with van der Waals surface area (Å²) >= 11 is 0. The highest BCUT2D eigenvalue weighted by Crippen LogP contribution is 2.02. The Balaban J connectivity index is 2.05. The highest BCUT2D eigenvalue weighted by atomic mass is 16.5. The van der Waals surface area contributed by atoms with Crippen LogP contribution >= 0.6 is 0 Å². The van der Waals surface area contributed by atoms with E-state index in [0.29, 0.717) is 0 Å². The number of piperazine rings is 1. The number of hydrogen-bond acceptors (Lipinski definition) is 3. The molecule has 1 aliphatic heterocycles. The van der Waals surface area contributed by atoms with E-state index in [4.69, 9.17) is 4.74 Å². The fourth-order valence-electron chi connectivity index (χ4n) is 1.84. The first-order chi connectivity index (χ1) is 6.86. The third kappa shape index (κ3) is 4.40. The van der Waals surface area contributed by atoms with E-state index in [1.54, 1.807) is 7.11 Å². The molecule has 1 heterocycles. The van der Waals surface area contributed by atoms with Crippen molar-refractivity contribution in [3.8, 4) is 0 Å². The average molecular weight is 200 g/mol. The monoisotopic (exact) mass is 200 g/mol. The van der Waals surface area contributed by atoms with Gasteiger partial charge in [0.15, 0.2) is 0 Å². The Morgan fingerprint density at radius 1 is 1.00 bits per heavy atom. The van der Waals surface area contributed by atoms with E-state index in [0.717, 1.165) is 13.2 Å². The third-order valence-corrected chi connectivity index (χ3v) is 2.90. The summed E-state index contributed by atoms with van der Waals surface area (Å²) in [6, 6.07) is 0. The normalized spacial score (nSPS) is 20.1. The van der Waals surface area contributed by atoms with Crippen molar-refractivity contribution < 1.29 is 4.74 Å². The zero-order valence-corrected chi connectivity index (χ0v) is 9.67. The molecule has 1 saturated heterocycles. The second-order valence-corrected chi connectivity index (χ2v) is 4.03. The average Bonchev–Trinajstić information content (AvgIpc) is 2.25. The van der Waals surface area contributed by atoms with Crippen LogP contribution in [-0.2, 0) is 4.74 Å². The van der Waals surface area contributed by atoms with Crippen molar-refractivity contribution in [2.75, 3.05) is 53.0 Å². The van der Waals surface area contributed by atoms with Crippen LogP contribution in [0.4, 0.5) is 0 Å². The van der Waals surface area contributed by atoms with Crippen LogP contribution in [0.1, 0.15) is 19.8 Å². The van der Waals surface area contributed by atoms with Gasteiger partial charge in [-0.1, -0.05) is 13.3 Å². The van der Waals surface area contributed by atoms with Gasteiger partial charge >= 0.3 is 0 Å². The lowest BCUT2D eigenvalue weighted by molar-refractivity contribution is 0.0964. The molecule has 1 aliphatic rings. The summed E-state index contributed by atoms with van der Waals surface area (Å²) in [5.41, 5.74) is 0. The van der Waals surface area contributed by atoms with E-state index in [2.05, 4.69) is 16.7 Å². The Bertz CT molecular complexity index is 117. The Labute approximate surface area is 88.0 Å². The SMILES string of the molecule is CCCCN1CCN(CCOC)CC1. The summed E-state index contributed by atoms with van der Waals surface area (Å²) in [5.74, 6) is 0. The molecule has 3 heteroatoms. The molecule has 0 spiro atoms. The summed E-state index contributed by atoms with van der Waals surface area (Å²) in [6.45, 7) is 10.4. The van der Waals surface area contributed by atoms with E-state index in [1.165, 1.54) is 45.6 Å².